The van der Waals surface area contributed by atoms with Crippen LogP contribution in [-0.2, 0) is 0 Å². The molecule has 0 aliphatic rings. The smallest absolute Gasteiger partial charge is 0.306 e. The van der Waals surface area contributed by atoms with Gasteiger partial charge in [-0.05, 0) is 18.2 Å². The van der Waals surface area contributed by atoms with Crippen LogP contribution in [0, 0.1) is 15.9 Å². The van der Waals surface area contributed by atoms with Crippen LogP contribution in [0.4, 0.5) is 10.1 Å². The van der Waals surface area contributed by atoms with Crippen molar-refractivity contribution in [1.29, 1.82) is 0 Å². The molecular formula is C14H8FN3O3S. The van der Waals surface area contributed by atoms with Gasteiger partial charge in [-0.15, -0.1) is 11.3 Å². The van der Waals surface area contributed by atoms with Gasteiger partial charge in [-0.3, -0.25) is 14.9 Å². The van der Waals surface area contributed by atoms with Crippen molar-refractivity contribution in [2.24, 2.45) is 0 Å². The summed E-state index contributed by atoms with van der Waals surface area (Å²) in [7, 11) is 0. The molecule has 1 N–H and O–H groups in total. The van der Waals surface area contributed by atoms with Gasteiger partial charge in [-0.1, -0.05) is 18.2 Å². The van der Waals surface area contributed by atoms with Crippen LogP contribution in [0.5, 0.6) is 0 Å². The molecule has 22 heavy (non-hydrogen) atoms. The highest BCUT2D eigenvalue weighted by molar-refractivity contribution is 7.17. The zero-order valence-corrected chi connectivity index (χ0v) is 11.8. The van der Waals surface area contributed by atoms with Gasteiger partial charge in [0, 0.05) is 5.56 Å². The molecule has 2 heterocycles. The molecule has 0 bridgehead atoms. The Bertz CT molecular complexity index is 961. The van der Waals surface area contributed by atoms with Crippen molar-refractivity contribution >= 4 is 39.4 Å². The van der Waals surface area contributed by atoms with Crippen LogP contribution in [-0.4, -0.2) is 14.9 Å². The number of rotatable bonds is 3. The lowest BCUT2D eigenvalue weighted by atomic mass is 10.2. The maximum Gasteiger partial charge on any atom is 0.306 e. The number of fused-ring (bicyclic) bond motifs is 1. The molecule has 0 aliphatic carbocycles. The molecule has 110 valence electrons. The molecule has 8 heteroatoms. The van der Waals surface area contributed by atoms with E-state index < -0.39 is 16.3 Å². The zero-order chi connectivity index (χ0) is 15.7. The molecule has 0 radical (unpaired) electrons. The van der Waals surface area contributed by atoms with Gasteiger partial charge < -0.3 is 4.98 Å². The highest BCUT2D eigenvalue weighted by atomic mass is 32.1. The fourth-order valence-corrected chi connectivity index (χ4v) is 2.77. The Kier molecular flexibility index (Phi) is 3.51. The summed E-state index contributed by atoms with van der Waals surface area (Å²) in [6.07, 6.45) is 2.85. The van der Waals surface area contributed by atoms with E-state index in [1.165, 1.54) is 23.6 Å². The first-order chi connectivity index (χ1) is 10.6. The van der Waals surface area contributed by atoms with Gasteiger partial charge in [0.05, 0.1) is 10.3 Å². The third kappa shape index (κ3) is 2.51. The lowest BCUT2D eigenvalue weighted by Crippen LogP contribution is -2.08. The van der Waals surface area contributed by atoms with Crippen LogP contribution in [0.2, 0.25) is 0 Å². The standard InChI is InChI=1S/C14H8FN3O3S/c15-9-4-2-1-3-8(9)5-6-11-16-12-10(18(20)21)7-22-13(12)14(19)17-11/h1-7H,(H,16,17,19)/b6-5+. The Hall–Kier alpha value is -2.87. The number of nitrogens with one attached hydrogen (secondary N) is 1. The van der Waals surface area contributed by atoms with E-state index in [4.69, 9.17) is 0 Å². The summed E-state index contributed by atoms with van der Waals surface area (Å²) in [4.78, 5) is 28.8. The maximum atomic E-state index is 13.5. The van der Waals surface area contributed by atoms with Crippen molar-refractivity contribution in [3.05, 3.63) is 67.3 Å². The summed E-state index contributed by atoms with van der Waals surface area (Å²) in [5, 5.41) is 12.2. The number of aromatic amines is 1. The average Bonchev–Trinajstić information content (AvgIpc) is 2.91. The van der Waals surface area contributed by atoms with Crippen LogP contribution in [0.15, 0.2) is 34.4 Å². The predicted molar refractivity (Wildman–Crippen MR) is 82.2 cm³/mol. The van der Waals surface area contributed by atoms with Crippen LogP contribution < -0.4 is 5.56 Å². The molecule has 0 fully saturated rings. The lowest BCUT2D eigenvalue weighted by molar-refractivity contribution is -0.382. The van der Waals surface area contributed by atoms with Gasteiger partial charge in [0.1, 0.15) is 16.3 Å². The monoisotopic (exact) mass is 317 g/mol. The summed E-state index contributed by atoms with van der Waals surface area (Å²) in [6.45, 7) is 0. The van der Waals surface area contributed by atoms with Crippen molar-refractivity contribution in [2.75, 3.05) is 0 Å². The molecule has 0 amide bonds. The van der Waals surface area contributed by atoms with Crippen LogP contribution in [0.25, 0.3) is 22.4 Å². The molecule has 2 aromatic heterocycles. The predicted octanol–water partition coefficient (Wildman–Crippen LogP) is 3.20. The minimum Gasteiger partial charge on any atom is -0.306 e. The summed E-state index contributed by atoms with van der Waals surface area (Å²) in [5.41, 5.74) is -0.320. The highest BCUT2D eigenvalue weighted by Crippen LogP contribution is 2.27. The van der Waals surface area contributed by atoms with Crippen molar-refractivity contribution < 1.29 is 9.31 Å². The highest BCUT2D eigenvalue weighted by Gasteiger charge is 2.18. The second kappa shape index (κ2) is 5.49. The number of thiophene rings is 1. The topological polar surface area (TPSA) is 88.9 Å². The SMILES string of the molecule is O=c1[nH]c(/C=C/c2ccccc2F)nc2c([N+](=O)[O-])csc12. The Morgan fingerprint density at radius 2 is 2.09 bits per heavy atom. The van der Waals surface area contributed by atoms with E-state index >= 15 is 0 Å². The normalized spacial score (nSPS) is 11.3. The van der Waals surface area contributed by atoms with Crippen molar-refractivity contribution in [3.8, 4) is 0 Å². The molecule has 3 aromatic rings. The number of H-pyrrole nitrogens is 1. The molecule has 0 unspecified atom stereocenters. The summed E-state index contributed by atoms with van der Waals surface area (Å²) >= 11 is 0.963. The summed E-state index contributed by atoms with van der Waals surface area (Å²) < 4.78 is 13.7. The Morgan fingerprint density at radius 3 is 2.82 bits per heavy atom. The van der Waals surface area contributed by atoms with Crippen molar-refractivity contribution in [3.63, 3.8) is 0 Å². The number of nitrogens with zero attached hydrogens (tertiary/aromatic N) is 2. The molecule has 0 aliphatic heterocycles. The first kappa shape index (κ1) is 14.1. The average molecular weight is 317 g/mol. The van der Waals surface area contributed by atoms with E-state index in [-0.39, 0.29) is 21.7 Å². The second-order valence-electron chi connectivity index (χ2n) is 4.36. The molecule has 0 atom stereocenters. The van der Waals surface area contributed by atoms with Crippen molar-refractivity contribution in [2.45, 2.75) is 0 Å². The fourth-order valence-electron chi connectivity index (χ4n) is 1.92. The number of hydrogen-bond donors (Lipinski definition) is 1. The molecule has 3 rings (SSSR count). The summed E-state index contributed by atoms with van der Waals surface area (Å²) in [5.74, 6) is -0.286. The molecule has 0 saturated heterocycles. The number of benzene rings is 1. The zero-order valence-electron chi connectivity index (χ0n) is 10.9. The van der Waals surface area contributed by atoms with Gasteiger partial charge in [-0.2, -0.15) is 0 Å². The molecule has 0 spiro atoms. The van der Waals surface area contributed by atoms with Crippen LogP contribution >= 0.6 is 11.3 Å². The number of halogens is 1. The quantitative estimate of drug-likeness (QED) is 0.593. The van der Waals surface area contributed by atoms with E-state index in [0.717, 1.165) is 11.3 Å². The van der Waals surface area contributed by atoms with Gasteiger partial charge in [0.15, 0.2) is 5.52 Å². The molecular weight excluding hydrogens is 309 g/mol. The summed E-state index contributed by atoms with van der Waals surface area (Å²) in [6, 6.07) is 6.11. The minimum absolute atomic E-state index is 0.0342. The molecule has 1 aromatic carbocycles. The largest absolute Gasteiger partial charge is 0.306 e. The first-order valence-electron chi connectivity index (χ1n) is 6.15. The van der Waals surface area contributed by atoms with Gasteiger partial charge >= 0.3 is 5.69 Å². The van der Waals surface area contributed by atoms with Crippen LogP contribution in [0.1, 0.15) is 11.4 Å². The second-order valence-corrected chi connectivity index (χ2v) is 5.24. The van der Waals surface area contributed by atoms with E-state index in [1.54, 1.807) is 18.2 Å². The van der Waals surface area contributed by atoms with Gasteiger partial charge in [0.25, 0.3) is 5.56 Å². The lowest BCUT2D eigenvalue weighted by Gasteiger charge is -1.96. The van der Waals surface area contributed by atoms with Crippen molar-refractivity contribution in [1.82, 2.24) is 9.97 Å². The molecule has 6 nitrogen and oxygen atoms in total. The van der Waals surface area contributed by atoms with E-state index in [1.807, 2.05) is 0 Å². The number of nitro groups is 1. The maximum absolute atomic E-state index is 13.5. The van der Waals surface area contributed by atoms with E-state index in [2.05, 4.69) is 9.97 Å². The third-order valence-corrected chi connectivity index (χ3v) is 3.90. The first-order valence-corrected chi connectivity index (χ1v) is 7.03. The number of aromatic nitrogens is 2. The van der Waals surface area contributed by atoms with Gasteiger partial charge in [-0.25, -0.2) is 9.37 Å². The van der Waals surface area contributed by atoms with Crippen LogP contribution in [0.3, 0.4) is 0 Å². The Balaban J connectivity index is 2.08. The number of hydrogen-bond acceptors (Lipinski definition) is 5. The van der Waals surface area contributed by atoms with E-state index in [0.29, 0.717) is 5.56 Å². The van der Waals surface area contributed by atoms with Gasteiger partial charge in [0.2, 0.25) is 0 Å². The Morgan fingerprint density at radius 1 is 1.32 bits per heavy atom. The third-order valence-electron chi connectivity index (χ3n) is 2.95. The Labute approximate surface area is 126 Å². The van der Waals surface area contributed by atoms with E-state index in [9.17, 15) is 19.3 Å². The molecule has 0 saturated carbocycles. The minimum atomic E-state index is -0.588. The fraction of sp³-hybridized carbons (Fsp3) is 0.